The highest BCUT2D eigenvalue weighted by atomic mass is 32.2. The molecule has 9 heteroatoms. The number of hydrogen-bond acceptors (Lipinski definition) is 3. The number of carbonyl (C=O) groups is 1. The first-order valence-electron chi connectivity index (χ1n) is 6.62. The van der Waals surface area contributed by atoms with Gasteiger partial charge in [-0.25, -0.2) is 21.6 Å². The van der Waals surface area contributed by atoms with Crippen LogP contribution in [0, 0.1) is 17.5 Å². The van der Waals surface area contributed by atoms with E-state index in [2.05, 4.69) is 0 Å². The van der Waals surface area contributed by atoms with Gasteiger partial charge in [0.15, 0.2) is 0 Å². The Morgan fingerprint density at radius 3 is 2.25 bits per heavy atom. The molecule has 0 spiro atoms. The molecule has 1 unspecified atom stereocenters. The zero-order chi connectivity index (χ0) is 18.1. The lowest BCUT2D eigenvalue weighted by Gasteiger charge is -2.25. The van der Waals surface area contributed by atoms with Crippen LogP contribution in [0.25, 0.3) is 0 Å². The fraction of sp³-hybridized carbons (Fsp3) is 0.133. The van der Waals surface area contributed by atoms with Crippen LogP contribution in [0.2, 0.25) is 0 Å². The Hall–Kier alpha value is -2.39. The average molecular weight is 358 g/mol. The van der Waals surface area contributed by atoms with Crippen LogP contribution in [0.3, 0.4) is 0 Å². The number of sulfonamides is 1. The van der Waals surface area contributed by atoms with E-state index >= 15 is 0 Å². The van der Waals surface area contributed by atoms with Gasteiger partial charge < -0.3 is 5.73 Å². The summed E-state index contributed by atoms with van der Waals surface area (Å²) in [5.74, 6) is -4.04. The van der Waals surface area contributed by atoms with E-state index in [9.17, 15) is 26.4 Å². The second-order valence-corrected chi connectivity index (χ2v) is 6.92. The van der Waals surface area contributed by atoms with E-state index in [1.807, 2.05) is 0 Å². The SMILES string of the molecule is CN(C(C(N)=O)c1cccc(F)c1)S(=O)(=O)c1ccc(F)cc1F. The molecule has 0 aromatic heterocycles. The first kappa shape index (κ1) is 18.0. The molecule has 24 heavy (non-hydrogen) atoms. The van der Waals surface area contributed by atoms with Gasteiger partial charge >= 0.3 is 0 Å². The van der Waals surface area contributed by atoms with Crippen LogP contribution in [-0.4, -0.2) is 25.7 Å². The molecule has 2 aromatic carbocycles. The third-order valence-corrected chi connectivity index (χ3v) is 5.20. The number of benzene rings is 2. The smallest absolute Gasteiger partial charge is 0.246 e. The van der Waals surface area contributed by atoms with Gasteiger partial charge in [0, 0.05) is 13.1 Å². The number of primary amides is 1. The number of carbonyl (C=O) groups excluding carboxylic acids is 1. The quantitative estimate of drug-likeness (QED) is 0.887. The van der Waals surface area contributed by atoms with Crippen molar-refractivity contribution in [3.8, 4) is 0 Å². The Morgan fingerprint density at radius 1 is 1.08 bits per heavy atom. The van der Waals surface area contributed by atoms with Crippen molar-refractivity contribution in [2.24, 2.45) is 5.73 Å². The largest absolute Gasteiger partial charge is 0.368 e. The van der Waals surface area contributed by atoms with Crippen LogP contribution >= 0.6 is 0 Å². The molecule has 2 aromatic rings. The van der Waals surface area contributed by atoms with Gasteiger partial charge in [-0.15, -0.1) is 0 Å². The zero-order valence-corrected chi connectivity index (χ0v) is 13.2. The fourth-order valence-electron chi connectivity index (χ4n) is 2.21. The van der Waals surface area contributed by atoms with E-state index in [0.717, 1.165) is 31.3 Å². The molecule has 0 heterocycles. The number of nitrogens with zero attached hydrogens (tertiary/aromatic N) is 1. The Balaban J connectivity index is 2.53. The molecule has 0 radical (unpaired) electrons. The molecule has 0 aliphatic carbocycles. The lowest BCUT2D eigenvalue weighted by atomic mass is 10.1. The van der Waals surface area contributed by atoms with E-state index in [-0.39, 0.29) is 5.56 Å². The topological polar surface area (TPSA) is 80.5 Å². The second kappa shape index (κ2) is 6.62. The summed E-state index contributed by atoms with van der Waals surface area (Å²) in [7, 11) is -3.52. The summed E-state index contributed by atoms with van der Waals surface area (Å²) in [5, 5.41) is 0. The molecule has 1 atom stereocenters. The van der Waals surface area contributed by atoms with Crippen molar-refractivity contribution in [3.63, 3.8) is 0 Å². The predicted octanol–water partition coefficient (Wildman–Crippen LogP) is 1.95. The number of nitrogens with two attached hydrogens (primary N) is 1. The molecule has 0 aliphatic rings. The van der Waals surface area contributed by atoms with Crippen LogP contribution in [0.4, 0.5) is 13.2 Å². The molecule has 2 N–H and O–H groups in total. The van der Waals surface area contributed by atoms with Crippen LogP contribution in [0.1, 0.15) is 11.6 Å². The lowest BCUT2D eigenvalue weighted by Crippen LogP contribution is -2.39. The van der Waals surface area contributed by atoms with Crippen LogP contribution in [0.5, 0.6) is 0 Å². The summed E-state index contributed by atoms with van der Waals surface area (Å²) in [6, 6.07) is 4.99. The maximum absolute atomic E-state index is 13.8. The van der Waals surface area contributed by atoms with Gasteiger partial charge in [0.1, 0.15) is 28.4 Å². The van der Waals surface area contributed by atoms with Crippen LogP contribution < -0.4 is 5.73 Å². The Labute approximate surface area is 136 Å². The highest BCUT2D eigenvalue weighted by molar-refractivity contribution is 7.89. The summed E-state index contributed by atoms with van der Waals surface area (Å²) in [6.07, 6.45) is 0. The van der Waals surface area contributed by atoms with E-state index in [0.29, 0.717) is 10.4 Å². The molecule has 5 nitrogen and oxygen atoms in total. The molecule has 0 saturated carbocycles. The summed E-state index contributed by atoms with van der Waals surface area (Å²) in [6.45, 7) is 0. The summed E-state index contributed by atoms with van der Waals surface area (Å²) < 4.78 is 65.7. The van der Waals surface area contributed by atoms with Gasteiger partial charge in [0.05, 0.1) is 0 Å². The standard InChI is InChI=1S/C15H13F3N2O3S/c1-20(14(15(19)21)9-3-2-4-10(16)7-9)24(22,23)13-6-5-11(17)8-12(13)18/h2-8,14H,1H3,(H2,19,21). The van der Waals surface area contributed by atoms with Crippen LogP contribution in [-0.2, 0) is 14.8 Å². The van der Waals surface area contributed by atoms with E-state index in [1.54, 1.807) is 0 Å². The molecular weight excluding hydrogens is 345 g/mol. The molecule has 2 rings (SSSR count). The number of hydrogen-bond donors (Lipinski definition) is 1. The highest BCUT2D eigenvalue weighted by Gasteiger charge is 2.34. The van der Waals surface area contributed by atoms with E-state index < -0.39 is 44.3 Å². The van der Waals surface area contributed by atoms with Gasteiger partial charge in [-0.05, 0) is 29.8 Å². The maximum atomic E-state index is 13.8. The third-order valence-electron chi connectivity index (χ3n) is 3.35. The molecule has 1 amide bonds. The van der Waals surface area contributed by atoms with Crippen molar-refractivity contribution in [1.29, 1.82) is 0 Å². The number of rotatable bonds is 5. The molecule has 0 aliphatic heterocycles. The normalized spacial score (nSPS) is 13.0. The Bertz CT molecular complexity index is 887. The van der Waals surface area contributed by atoms with Crippen molar-refractivity contribution in [3.05, 3.63) is 65.5 Å². The van der Waals surface area contributed by atoms with Gasteiger partial charge in [-0.1, -0.05) is 12.1 Å². The minimum atomic E-state index is -4.52. The molecule has 0 bridgehead atoms. The van der Waals surface area contributed by atoms with Gasteiger partial charge in [0.25, 0.3) is 0 Å². The molecule has 0 fully saturated rings. The van der Waals surface area contributed by atoms with Crippen molar-refractivity contribution < 1.29 is 26.4 Å². The summed E-state index contributed by atoms with van der Waals surface area (Å²) >= 11 is 0. The lowest BCUT2D eigenvalue weighted by molar-refractivity contribution is -0.121. The second-order valence-electron chi connectivity index (χ2n) is 4.96. The van der Waals surface area contributed by atoms with Crippen molar-refractivity contribution in [2.75, 3.05) is 7.05 Å². The van der Waals surface area contributed by atoms with Gasteiger partial charge in [0.2, 0.25) is 15.9 Å². The Morgan fingerprint density at radius 2 is 1.71 bits per heavy atom. The van der Waals surface area contributed by atoms with Gasteiger partial charge in [-0.2, -0.15) is 4.31 Å². The Kier molecular flexibility index (Phi) is 4.95. The maximum Gasteiger partial charge on any atom is 0.246 e. The fourth-order valence-corrected chi connectivity index (χ4v) is 3.57. The first-order chi connectivity index (χ1) is 11.1. The monoisotopic (exact) mass is 358 g/mol. The first-order valence-corrected chi connectivity index (χ1v) is 8.06. The zero-order valence-electron chi connectivity index (χ0n) is 12.4. The van der Waals surface area contributed by atoms with Crippen molar-refractivity contribution >= 4 is 15.9 Å². The summed E-state index contributed by atoms with van der Waals surface area (Å²) in [5.41, 5.74) is 5.22. The van der Waals surface area contributed by atoms with Crippen molar-refractivity contribution in [2.45, 2.75) is 10.9 Å². The van der Waals surface area contributed by atoms with Crippen LogP contribution in [0.15, 0.2) is 47.4 Å². The summed E-state index contributed by atoms with van der Waals surface area (Å²) in [4.78, 5) is 10.9. The van der Waals surface area contributed by atoms with E-state index in [4.69, 9.17) is 5.73 Å². The van der Waals surface area contributed by atoms with Crippen molar-refractivity contribution in [1.82, 2.24) is 4.31 Å². The molecule has 128 valence electrons. The highest BCUT2D eigenvalue weighted by Crippen LogP contribution is 2.28. The predicted molar refractivity (Wildman–Crippen MR) is 79.6 cm³/mol. The minimum Gasteiger partial charge on any atom is -0.368 e. The number of halogens is 3. The van der Waals surface area contributed by atoms with Gasteiger partial charge in [-0.3, -0.25) is 4.79 Å². The van der Waals surface area contributed by atoms with E-state index in [1.165, 1.54) is 12.1 Å². The number of amides is 1. The number of likely N-dealkylation sites (N-methyl/N-ethyl adjacent to an activating group) is 1. The third kappa shape index (κ3) is 3.41. The molecular formula is C15H13F3N2O3S. The minimum absolute atomic E-state index is 0.0175. The average Bonchev–Trinajstić information content (AvgIpc) is 2.46. The molecule has 0 saturated heterocycles.